The molecule has 1 amide bonds. The van der Waals surface area contributed by atoms with E-state index in [2.05, 4.69) is 4.98 Å². The number of amides is 1. The number of hydrogen-bond acceptors (Lipinski definition) is 6. The number of anilines is 1. The number of aromatic nitrogens is 1. The van der Waals surface area contributed by atoms with Crippen molar-refractivity contribution in [3.05, 3.63) is 28.4 Å². The predicted octanol–water partition coefficient (Wildman–Crippen LogP) is 2.68. The topological polar surface area (TPSA) is 88.8 Å². The number of likely N-dealkylation sites (tertiary alicyclic amines) is 1. The average Bonchev–Trinajstić information content (AvgIpc) is 2.94. The lowest BCUT2D eigenvalue weighted by molar-refractivity contribution is -0.384. The van der Waals surface area contributed by atoms with Crippen LogP contribution in [0.5, 0.6) is 0 Å². The standard InChI is InChI=1S/C16H24N4O4/c1-16(2,3)24-15(21)19-9-7-12(11-19)10-18(4)14-13(20(22)23)6-5-8-17-14/h5-6,8,12H,7,9-11H2,1-4H3/t12-/m0/s1. The van der Waals surface area contributed by atoms with E-state index >= 15 is 0 Å². The van der Waals surface area contributed by atoms with Crippen LogP contribution in [0, 0.1) is 16.0 Å². The summed E-state index contributed by atoms with van der Waals surface area (Å²) >= 11 is 0. The third-order valence-electron chi connectivity index (χ3n) is 3.79. The van der Waals surface area contributed by atoms with Crippen molar-refractivity contribution in [3.8, 4) is 0 Å². The third-order valence-corrected chi connectivity index (χ3v) is 3.79. The Morgan fingerprint density at radius 2 is 2.25 bits per heavy atom. The van der Waals surface area contributed by atoms with Gasteiger partial charge < -0.3 is 14.5 Å². The highest BCUT2D eigenvalue weighted by Gasteiger charge is 2.31. The molecule has 0 radical (unpaired) electrons. The van der Waals surface area contributed by atoms with Crippen molar-refractivity contribution in [2.45, 2.75) is 32.8 Å². The zero-order chi connectivity index (χ0) is 17.9. The van der Waals surface area contributed by atoms with E-state index in [4.69, 9.17) is 4.74 Å². The molecule has 0 unspecified atom stereocenters. The van der Waals surface area contributed by atoms with Crippen molar-refractivity contribution in [1.82, 2.24) is 9.88 Å². The number of pyridine rings is 1. The fourth-order valence-electron chi connectivity index (χ4n) is 2.77. The smallest absolute Gasteiger partial charge is 0.410 e. The lowest BCUT2D eigenvalue weighted by Crippen LogP contribution is -2.36. The molecular formula is C16H24N4O4. The number of carbonyl (C=O) groups excluding carboxylic acids is 1. The van der Waals surface area contributed by atoms with Gasteiger partial charge in [0, 0.05) is 38.9 Å². The minimum Gasteiger partial charge on any atom is -0.444 e. The van der Waals surface area contributed by atoms with Gasteiger partial charge in [0.25, 0.3) is 0 Å². The molecule has 8 heteroatoms. The van der Waals surface area contributed by atoms with Gasteiger partial charge in [0.15, 0.2) is 0 Å². The Bertz CT molecular complexity index is 614. The monoisotopic (exact) mass is 336 g/mol. The molecule has 1 atom stereocenters. The molecule has 1 aliphatic rings. The highest BCUT2D eigenvalue weighted by Crippen LogP contribution is 2.26. The number of nitro groups is 1. The van der Waals surface area contributed by atoms with Crippen LogP contribution in [0.1, 0.15) is 27.2 Å². The average molecular weight is 336 g/mol. The minimum absolute atomic E-state index is 0.0120. The van der Waals surface area contributed by atoms with Crippen molar-refractivity contribution in [2.24, 2.45) is 5.92 Å². The van der Waals surface area contributed by atoms with Gasteiger partial charge in [-0.05, 0) is 39.2 Å². The lowest BCUT2D eigenvalue weighted by atomic mass is 10.1. The highest BCUT2D eigenvalue weighted by molar-refractivity contribution is 5.68. The molecule has 1 aromatic heterocycles. The largest absolute Gasteiger partial charge is 0.444 e. The summed E-state index contributed by atoms with van der Waals surface area (Å²) in [6.07, 6.45) is 2.07. The summed E-state index contributed by atoms with van der Waals surface area (Å²) in [5.74, 6) is 0.572. The SMILES string of the molecule is CN(C[C@@H]1CCN(C(=O)OC(C)(C)C)C1)c1ncccc1[N+](=O)[O-]. The molecule has 0 bridgehead atoms. The number of rotatable bonds is 4. The first kappa shape index (κ1) is 18.0. The molecule has 0 N–H and O–H groups in total. The fraction of sp³-hybridized carbons (Fsp3) is 0.625. The molecular weight excluding hydrogens is 312 g/mol. The normalized spacial score (nSPS) is 17.7. The zero-order valence-corrected chi connectivity index (χ0v) is 14.6. The van der Waals surface area contributed by atoms with Crippen LogP contribution in [0.2, 0.25) is 0 Å². The van der Waals surface area contributed by atoms with Crippen LogP contribution in [-0.2, 0) is 4.74 Å². The van der Waals surface area contributed by atoms with E-state index < -0.39 is 10.5 Å². The number of hydrogen-bond donors (Lipinski definition) is 0. The van der Waals surface area contributed by atoms with E-state index in [1.54, 1.807) is 29.1 Å². The van der Waals surface area contributed by atoms with Crippen LogP contribution in [0.3, 0.4) is 0 Å². The quantitative estimate of drug-likeness (QED) is 0.620. The van der Waals surface area contributed by atoms with Gasteiger partial charge in [0.1, 0.15) is 5.60 Å². The van der Waals surface area contributed by atoms with E-state index in [-0.39, 0.29) is 17.7 Å². The second kappa shape index (κ2) is 7.02. The Labute approximate surface area is 141 Å². The van der Waals surface area contributed by atoms with Crippen molar-refractivity contribution < 1.29 is 14.5 Å². The molecule has 0 saturated carbocycles. The molecule has 8 nitrogen and oxygen atoms in total. The van der Waals surface area contributed by atoms with Crippen LogP contribution in [-0.4, -0.2) is 53.2 Å². The maximum Gasteiger partial charge on any atom is 0.410 e. The highest BCUT2D eigenvalue weighted by atomic mass is 16.6. The number of ether oxygens (including phenoxy) is 1. The molecule has 132 valence electrons. The summed E-state index contributed by atoms with van der Waals surface area (Å²) in [5.41, 5.74) is -0.525. The lowest BCUT2D eigenvalue weighted by Gasteiger charge is -2.25. The molecule has 0 aliphatic carbocycles. The molecule has 1 fully saturated rings. The van der Waals surface area contributed by atoms with Crippen molar-refractivity contribution in [1.29, 1.82) is 0 Å². The molecule has 0 aromatic carbocycles. The van der Waals surface area contributed by atoms with Crippen LogP contribution in [0.15, 0.2) is 18.3 Å². The van der Waals surface area contributed by atoms with Gasteiger partial charge in [-0.2, -0.15) is 0 Å². The Morgan fingerprint density at radius 1 is 1.54 bits per heavy atom. The molecule has 2 rings (SSSR count). The Kier molecular flexibility index (Phi) is 5.26. The first-order valence-corrected chi connectivity index (χ1v) is 7.96. The Morgan fingerprint density at radius 3 is 2.88 bits per heavy atom. The molecule has 24 heavy (non-hydrogen) atoms. The molecule has 1 aliphatic heterocycles. The summed E-state index contributed by atoms with van der Waals surface area (Å²) in [6, 6.07) is 3.00. The van der Waals surface area contributed by atoms with Gasteiger partial charge >= 0.3 is 11.8 Å². The van der Waals surface area contributed by atoms with Gasteiger partial charge in [-0.25, -0.2) is 9.78 Å². The zero-order valence-electron chi connectivity index (χ0n) is 14.6. The first-order chi connectivity index (χ1) is 11.2. The van der Waals surface area contributed by atoms with Crippen LogP contribution in [0.4, 0.5) is 16.3 Å². The fourth-order valence-corrected chi connectivity index (χ4v) is 2.77. The maximum absolute atomic E-state index is 12.1. The minimum atomic E-state index is -0.513. The van der Waals surface area contributed by atoms with Gasteiger partial charge in [0.05, 0.1) is 4.92 Å². The molecule has 2 heterocycles. The summed E-state index contributed by atoms with van der Waals surface area (Å²) in [4.78, 5) is 30.4. The summed E-state index contributed by atoms with van der Waals surface area (Å²) < 4.78 is 5.38. The third kappa shape index (κ3) is 4.56. The second-order valence-electron chi connectivity index (χ2n) is 7.06. The van der Waals surface area contributed by atoms with Gasteiger partial charge in [0.2, 0.25) is 5.82 Å². The molecule has 1 aromatic rings. The molecule has 1 saturated heterocycles. The molecule has 0 spiro atoms. The van der Waals surface area contributed by atoms with Gasteiger partial charge in [-0.3, -0.25) is 10.1 Å². The van der Waals surface area contributed by atoms with Crippen molar-refractivity contribution in [3.63, 3.8) is 0 Å². The summed E-state index contributed by atoms with van der Waals surface area (Å²) in [5, 5.41) is 11.1. The summed E-state index contributed by atoms with van der Waals surface area (Å²) in [6.45, 7) is 7.33. The predicted molar refractivity (Wildman–Crippen MR) is 90.1 cm³/mol. The van der Waals surface area contributed by atoms with Crippen molar-refractivity contribution >= 4 is 17.6 Å². The van der Waals surface area contributed by atoms with E-state index in [1.807, 2.05) is 20.8 Å². The Balaban J connectivity index is 1.96. The van der Waals surface area contributed by atoms with Crippen molar-refractivity contribution in [2.75, 3.05) is 31.6 Å². The van der Waals surface area contributed by atoms with Crippen LogP contribution >= 0.6 is 0 Å². The van der Waals surface area contributed by atoms with E-state index in [1.165, 1.54) is 6.07 Å². The first-order valence-electron chi connectivity index (χ1n) is 7.96. The van der Waals surface area contributed by atoms with Gasteiger partial charge in [-0.1, -0.05) is 0 Å². The van der Waals surface area contributed by atoms with Gasteiger partial charge in [-0.15, -0.1) is 0 Å². The van der Waals surface area contributed by atoms with E-state index in [0.717, 1.165) is 6.42 Å². The Hall–Kier alpha value is -2.38. The van der Waals surface area contributed by atoms with Crippen LogP contribution < -0.4 is 4.90 Å². The maximum atomic E-state index is 12.1. The van der Waals surface area contributed by atoms with Crippen LogP contribution in [0.25, 0.3) is 0 Å². The number of carbonyl (C=O) groups is 1. The number of nitrogens with zero attached hydrogens (tertiary/aromatic N) is 4. The van der Waals surface area contributed by atoms with E-state index in [0.29, 0.717) is 25.5 Å². The summed E-state index contributed by atoms with van der Waals surface area (Å²) in [7, 11) is 1.78. The van der Waals surface area contributed by atoms with E-state index in [9.17, 15) is 14.9 Å². The second-order valence-corrected chi connectivity index (χ2v) is 7.06.